The molecule has 1 unspecified atom stereocenters. The molecule has 2 aliphatic rings. The van der Waals surface area contributed by atoms with Crippen molar-refractivity contribution in [3.63, 3.8) is 0 Å². The highest BCUT2D eigenvalue weighted by Gasteiger charge is 2.34. The second-order valence-corrected chi connectivity index (χ2v) is 7.11. The van der Waals surface area contributed by atoms with Gasteiger partial charge in [0.25, 0.3) is 5.91 Å². The molecule has 1 aromatic rings. The highest BCUT2D eigenvalue weighted by Crippen LogP contribution is 2.33. The van der Waals surface area contributed by atoms with Gasteiger partial charge in [-0.3, -0.25) is 9.79 Å². The minimum Gasteiger partial charge on any atom is -0.368 e. The van der Waals surface area contributed by atoms with E-state index in [1.807, 2.05) is 9.80 Å². The Morgan fingerprint density at radius 1 is 1.26 bits per heavy atom. The van der Waals surface area contributed by atoms with E-state index in [-0.39, 0.29) is 48.4 Å². The maximum atomic E-state index is 13.0. The fourth-order valence-corrected chi connectivity index (χ4v) is 3.58. The van der Waals surface area contributed by atoms with E-state index >= 15 is 0 Å². The number of carbonyl (C=O) groups excluding carboxylic acids is 1. The van der Waals surface area contributed by atoms with Crippen LogP contribution in [0.2, 0.25) is 0 Å². The monoisotopic (exact) mass is 556 g/mol. The molecule has 0 radical (unpaired) electrons. The molecule has 2 saturated heterocycles. The number of aliphatic imine (C=N–C) groups is 1. The third-order valence-corrected chi connectivity index (χ3v) is 5.12. The first-order chi connectivity index (χ1) is 14.4. The molecule has 0 bridgehead atoms. The van der Waals surface area contributed by atoms with Gasteiger partial charge in [-0.25, -0.2) is 4.98 Å². The number of pyridine rings is 1. The Morgan fingerprint density at radius 2 is 1.97 bits per heavy atom. The van der Waals surface area contributed by atoms with E-state index in [1.54, 1.807) is 7.05 Å². The van der Waals surface area contributed by atoms with E-state index in [1.165, 1.54) is 12.3 Å². The van der Waals surface area contributed by atoms with Crippen LogP contribution in [0.4, 0.5) is 19.0 Å². The van der Waals surface area contributed by atoms with Gasteiger partial charge >= 0.3 is 6.18 Å². The number of rotatable bonds is 5. The van der Waals surface area contributed by atoms with Crippen molar-refractivity contribution in [1.82, 2.24) is 20.1 Å². The number of piperazine rings is 1. The smallest absolute Gasteiger partial charge is 0.368 e. The van der Waals surface area contributed by atoms with Crippen LogP contribution in [0.25, 0.3) is 0 Å². The van der Waals surface area contributed by atoms with Crippen LogP contribution in [0.3, 0.4) is 0 Å². The third-order valence-electron chi connectivity index (χ3n) is 5.12. The zero-order chi connectivity index (χ0) is 21.6. The lowest BCUT2D eigenvalue weighted by molar-refractivity contribution is -0.142. The predicted octanol–water partition coefficient (Wildman–Crippen LogP) is 2.03. The maximum absolute atomic E-state index is 13.0. The van der Waals surface area contributed by atoms with E-state index in [0.717, 1.165) is 18.9 Å². The molecule has 3 heterocycles. The lowest BCUT2D eigenvalue weighted by Crippen LogP contribution is -2.55. The first-order valence-electron chi connectivity index (χ1n) is 10.0. The summed E-state index contributed by atoms with van der Waals surface area (Å²) in [5, 5.41) is 5.86. The van der Waals surface area contributed by atoms with Crippen molar-refractivity contribution >= 4 is 41.7 Å². The van der Waals surface area contributed by atoms with E-state index in [0.29, 0.717) is 45.3 Å². The van der Waals surface area contributed by atoms with Gasteiger partial charge in [0.15, 0.2) is 5.96 Å². The SMILES string of the molecule is CN=C(NCCNc1ncccc1C(F)(F)F)N1CCN(C(=O)C2CCCO2)CC1.I. The summed E-state index contributed by atoms with van der Waals surface area (Å²) in [6.07, 6.45) is -1.75. The van der Waals surface area contributed by atoms with Gasteiger partial charge in [0.1, 0.15) is 11.9 Å². The number of hydrogen-bond donors (Lipinski definition) is 2. The fraction of sp³-hybridized carbons (Fsp3) is 0.632. The van der Waals surface area contributed by atoms with E-state index in [2.05, 4.69) is 20.6 Å². The van der Waals surface area contributed by atoms with Gasteiger partial charge in [-0.2, -0.15) is 13.2 Å². The van der Waals surface area contributed by atoms with Crippen LogP contribution in [-0.2, 0) is 15.7 Å². The van der Waals surface area contributed by atoms with E-state index < -0.39 is 11.7 Å². The van der Waals surface area contributed by atoms with Crippen LogP contribution in [0.15, 0.2) is 23.3 Å². The van der Waals surface area contributed by atoms with Crippen molar-refractivity contribution in [2.75, 3.05) is 58.2 Å². The van der Waals surface area contributed by atoms with Gasteiger partial charge < -0.3 is 25.2 Å². The predicted molar refractivity (Wildman–Crippen MR) is 122 cm³/mol. The maximum Gasteiger partial charge on any atom is 0.419 e. The summed E-state index contributed by atoms with van der Waals surface area (Å²) in [5.41, 5.74) is -0.790. The molecular weight excluding hydrogens is 528 g/mol. The van der Waals surface area contributed by atoms with Gasteiger partial charge in [0, 0.05) is 59.1 Å². The van der Waals surface area contributed by atoms with Gasteiger partial charge in [-0.1, -0.05) is 0 Å². The highest BCUT2D eigenvalue weighted by atomic mass is 127. The molecule has 0 aromatic carbocycles. The Balaban J connectivity index is 0.00000341. The summed E-state index contributed by atoms with van der Waals surface area (Å²) in [7, 11) is 1.65. The Morgan fingerprint density at radius 3 is 2.58 bits per heavy atom. The Labute approximate surface area is 196 Å². The number of hydrogen-bond acceptors (Lipinski definition) is 5. The Bertz CT molecular complexity index is 750. The summed E-state index contributed by atoms with van der Waals surface area (Å²) >= 11 is 0. The quantitative estimate of drug-likeness (QED) is 0.250. The van der Waals surface area contributed by atoms with Crippen LogP contribution < -0.4 is 10.6 Å². The molecule has 1 amide bonds. The third kappa shape index (κ3) is 6.82. The van der Waals surface area contributed by atoms with Crippen molar-refractivity contribution < 1.29 is 22.7 Å². The first-order valence-corrected chi connectivity index (χ1v) is 10.0. The minimum atomic E-state index is -4.46. The average molecular weight is 556 g/mol. The van der Waals surface area contributed by atoms with E-state index in [9.17, 15) is 18.0 Å². The molecule has 3 rings (SSSR count). The fourth-order valence-electron chi connectivity index (χ4n) is 3.58. The molecule has 2 N–H and O–H groups in total. The number of carbonyl (C=O) groups is 1. The second kappa shape index (κ2) is 11.7. The standard InChI is InChI=1S/C19H27F3N6O2.HI/c1-23-18(26-8-7-25-16-14(19(20,21)22)4-2-6-24-16)28-11-9-27(10-12-28)17(29)15-5-3-13-30-15;/h2,4,6,15H,3,5,7-13H2,1H3,(H,23,26)(H,24,25);1H. The van der Waals surface area contributed by atoms with Crippen LogP contribution in [-0.4, -0.2) is 85.7 Å². The first kappa shape index (κ1) is 25.4. The Hall–Kier alpha value is -1.83. The second-order valence-electron chi connectivity index (χ2n) is 7.11. The molecule has 2 fully saturated rings. The number of guanidine groups is 1. The number of halogens is 4. The number of amides is 1. The summed E-state index contributed by atoms with van der Waals surface area (Å²) in [4.78, 5) is 24.3. The molecule has 1 aromatic heterocycles. The number of nitrogens with zero attached hydrogens (tertiary/aromatic N) is 4. The molecule has 0 aliphatic carbocycles. The van der Waals surface area contributed by atoms with Crippen LogP contribution in [0.5, 0.6) is 0 Å². The van der Waals surface area contributed by atoms with E-state index in [4.69, 9.17) is 4.74 Å². The van der Waals surface area contributed by atoms with Gasteiger partial charge in [-0.15, -0.1) is 24.0 Å². The lowest BCUT2D eigenvalue weighted by Gasteiger charge is -2.37. The summed E-state index contributed by atoms with van der Waals surface area (Å²) in [6.45, 7) is 3.69. The van der Waals surface area contributed by atoms with Crippen molar-refractivity contribution in [1.29, 1.82) is 0 Å². The number of anilines is 1. The number of ether oxygens (including phenoxy) is 1. The van der Waals surface area contributed by atoms with Crippen molar-refractivity contribution in [2.45, 2.75) is 25.1 Å². The molecular formula is C19H28F3IN6O2. The van der Waals surface area contributed by atoms with Crippen molar-refractivity contribution in [2.24, 2.45) is 4.99 Å². The average Bonchev–Trinajstić information content (AvgIpc) is 3.28. The van der Waals surface area contributed by atoms with Gasteiger partial charge in [0.2, 0.25) is 0 Å². The minimum absolute atomic E-state index is 0. The van der Waals surface area contributed by atoms with Crippen molar-refractivity contribution in [3.05, 3.63) is 23.9 Å². The number of alkyl halides is 3. The molecule has 0 saturated carbocycles. The number of nitrogens with one attached hydrogen (secondary N) is 2. The van der Waals surface area contributed by atoms with Gasteiger partial charge in [-0.05, 0) is 25.0 Å². The normalized spacial score (nSPS) is 19.7. The van der Waals surface area contributed by atoms with Crippen LogP contribution in [0, 0.1) is 0 Å². The molecule has 12 heteroatoms. The highest BCUT2D eigenvalue weighted by molar-refractivity contribution is 14.0. The summed E-state index contributed by atoms with van der Waals surface area (Å²) in [5.74, 6) is 0.510. The topological polar surface area (TPSA) is 82.1 Å². The molecule has 8 nitrogen and oxygen atoms in total. The number of aromatic nitrogens is 1. The van der Waals surface area contributed by atoms with Crippen LogP contribution >= 0.6 is 24.0 Å². The molecule has 1 atom stereocenters. The summed E-state index contributed by atoms with van der Waals surface area (Å²) < 4.78 is 44.5. The summed E-state index contributed by atoms with van der Waals surface area (Å²) in [6, 6.07) is 2.26. The lowest BCUT2D eigenvalue weighted by atomic mass is 10.2. The van der Waals surface area contributed by atoms with Gasteiger partial charge in [0.05, 0.1) is 5.56 Å². The van der Waals surface area contributed by atoms with Crippen molar-refractivity contribution in [3.8, 4) is 0 Å². The molecule has 31 heavy (non-hydrogen) atoms. The zero-order valence-corrected chi connectivity index (χ0v) is 19.7. The Kier molecular flexibility index (Phi) is 9.59. The largest absolute Gasteiger partial charge is 0.419 e. The molecule has 2 aliphatic heterocycles. The molecule has 174 valence electrons. The van der Waals surface area contributed by atoms with Crippen LogP contribution in [0.1, 0.15) is 18.4 Å². The molecule has 0 spiro atoms. The zero-order valence-electron chi connectivity index (χ0n) is 17.3.